The first kappa shape index (κ1) is 19.5. The molecular weight excluding hydrogens is 400 g/mol. The predicted octanol–water partition coefficient (Wildman–Crippen LogP) is 2.96. The van der Waals surface area contributed by atoms with Crippen LogP contribution in [0.3, 0.4) is 0 Å². The van der Waals surface area contributed by atoms with Gasteiger partial charge in [0.15, 0.2) is 5.76 Å². The summed E-state index contributed by atoms with van der Waals surface area (Å²) >= 11 is 0. The number of nitrogens with one attached hydrogen (secondary N) is 1. The monoisotopic (exact) mass is 427 g/mol. The van der Waals surface area contributed by atoms with Crippen LogP contribution in [-0.4, -0.2) is 22.8 Å². The number of aromatic nitrogens is 1. The first-order valence-electron chi connectivity index (χ1n) is 11.4. The Bertz CT molecular complexity index is 1350. The number of aliphatic hydroxyl groups is 1. The lowest BCUT2D eigenvalue weighted by Crippen LogP contribution is -3.13. The van der Waals surface area contributed by atoms with Crippen LogP contribution in [0, 0.1) is 5.92 Å². The van der Waals surface area contributed by atoms with Crippen molar-refractivity contribution in [1.82, 2.24) is 4.57 Å². The van der Waals surface area contributed by atoms with E-state index in [0.29, 0.717) is 17.6 Å². The summed E-state index contributed by atoms with van der Waals surface area (Å²) in [6.45, 7) is 3.59. The second kappa shape index (κ2) is 7.76. The maximum absolute atomic E-state index is 13.5. The number of pyridine rings is 1. The van der Waals surface area contributed by atoms with Gasteiger partial charge in [-0.2, -0.15) is 0 Å². The molecule has 4 heterocycles. The third-order valence-electron chi connectivity index (χ3n) is 7.16. The summed E-state index contributed by atoms with van der Waals surface area (Å²) in [4.78, 5) is 15.0. The average Bonchev–Trinajstić information content (AvgIpc) is 3.27. The Kier molecular flexibility index (Phi) is 4.74. The minimum atomic E-state index is -0.0591. The highest BCUT2D eigenvalue weighted by Crippen LogP contribution is 2.32. The van der Waals surface area contributed by atoms with Crippen molar-refractivity contribution in [2.45, 2.75) is 32.0 Å². The Morgan fingerprint density at radius 1 is 0.969 bits per heavy atom. The molecule has 1 unspecified atom stereocenters. The third-order valence-corrected chi connectivity index (χ3v) is 7.16. The van der Waals surface area contributed by atoms with Crippen LogP contribution in [0.4, 0.5) is 0 Å². The second-order valence-corrected chi connectivity index (χ2v) is 9.31. The van der Waals surface area contributed by atoms with Gasteiger partial charge in [0.2, 0.25) is 0 Å². The molecule has 3 atom stereocenters. The number of hydrogen-bond acceptors (Lipinski definition) is 3. The van der Waals surface area contributed by atoms with E-state index >= 15 is 0 Å². The summed E-state index contributed by atoms with van der Waals surface area (Å²) in [5, 5.41) is 11.6. The molecule has 32 heavy (non-hydrogen) atoms. The highest BCUT2D eigenvalue weighted by atomic mass is 16.4. The van der Waals surface area contributed by atoms with Crippen molar-refractivity contribution in [3.63, 3.8) is 0 Å². The summed E-state index contributed by atoms with van der Waals surface area (Å²) in [6.07, 6.45) is 1.15. The molecule has 162 valence electrons. The molecule has 5 heteroatoms. The molecule has 6 rings (SSSR count). The molecule has 1 saturated heterocycles. The summed E-state index contributed by atoms with van der Waals surface area (Å²) in [5.74, 6) is 2.43. The van der Waals surface area contributed by atoms with Crippen LogP contribution in [0.2, 0.25) is 0 Å². The SMILES string of the molecule is O=c1c(-c2ccc3ccccc3c2)ccc2n1C[C@H]1C[C@@H]2C[NH+](Cc2ccc(CO)o2)C1. The predicted molar refractivity (Wildman–Crippen MR) is 124 cm³/mol. The molecule has 1 fully saturated rings. The van der Waals surface area contributed by atoms with Gasteiger partial charge in [0, 0.05) is 29.6 Å². The second-order valence-electron chi connectivity index (χ2n) is 9.31. The van der Waals surface area contributed by atoms with Crippen LogP contribution in [0.15, 0.2) is 75.9 Å². The molecule has 0 spiro atoms. The van der Waals surface area contributed by atoms with Crippen LogP contribution < -0.4 is 10.5 Å². The summed E-state index contributed by atoms with van der Waals surface area (Å²) in [6, 6.07) is 22.6. The van der Waals surface area contributed by atoms with Crippen molar-refractivity contribution in [2.24, 2.45) is 5.92 Å². The van der Waals surface area contributed by atoms with Gasteiger partial charge in [-0.15, -0.1) is 0 Å². The van der Waals surface area contributed by atoms with Gasteiger partial charge in [-0.05, 0) is 53.1 Å². The number of quaternary nitrogens is 1. The zero-order valence-electron chi connectivity index (χ0n) is 18.0. The molecule has 0 amide bonds. The maximum atomic E-state index is 13.5. The fraction of sp³-hybridized carbons (Fsp3) is 0.296. The topological polar surface area (TPSA) is 59.8 Å². The highest BCUT2D eigenvalue weighted by molar-refractivity contribution is 5.87. The standard InChI is InChI=1S/C27H26N2O3/c30-17-24-8-7-23(32-24)16-28-13-18-11-22(15-28)26-10-9-25(27(31)29(26)14-18)21-6-5-19-3-1-2-4-20(19)12-21/h1-10,12,18,22,30H,11,13-17H2/p+1/t18-,22+/m0/s1. The number of nitrogens with zero attached hydrogens (tertiary/aromatic N) is 1. The van der Waals surface area contributed by atoms with Crippen molar-refractivity contribution < 1.29 is 14.4 Å². The maximum Gasteiger partial charge on any atom is 0.258 e. The first-order valence-corrected chi connectivity index (χ1v) is 11.4. The van der Waals surface area contributed by atoms with Gasteiger partial charge in [0.05, 0.1) is 13.1 Å². The van der Waals surface area contributed by atoms with Gasteiger partial charge >= 0.3 is 0 Å². The Labute approximate surface area is 186 Å². The van der Waals surface area contributed by atoms with Crippen LogP contribution in [0.1, 0.15) is 29.6 Å². The Balaban J connectivity index is 1.30. The first-order chi connectivity index (χ1) is 15.7. The van der Waals surface area contributed by atoms with Crippen molar-refractivity contribution >= 4 is 10.8 Å². The van der Waals surface area contributed by atoms with Crippen molar-refractivity contribution in [1.29, 1.82) is 0 Å². The Morgan fingerprint density at radius 3 is 2.66 bits per heavy atom. The third kappa shape index (κ3) is 3.38. The normalized spacial score (nSPS) is 22.1. The van der Waals surface area contributed by atoms with Crippen LogP contribution >= 0.6 is 0 Å². The van der Waals surface area contributed by atoms with Crippen LogP contribution in [0.5, 0.6) is 0 Å². The van der Waals surface area contributed by atoms with E-state index in [1.807, 2.05) is 34.9 Å². The van der Waals surface area contributed by atoms with Gasteiger partial charge in [0.25, 0.3) is 5.56 Å². The van der Waals surface area contributed by atoms with Gasteiger partial charge in [-0.25, -0.2) is 0 Å². The number of fused-ring (bicyclic) bond motifs is 5. The molecule has 2 aliphatic rings. The minimum absolute atomic E-state index is 0.0591. The Morgan fingerprint density at radius 2 is 1.81 bits per heavy atom. The van der Waals surface area contributed by atoms with Gasteiger partial charge in [0.1, 0.15) is 18.9 Å². The molecule has 4 aromatic rings. The van der Waals surface area contributed by atoms with Crippen molar-refractivity contribution in [2.75, 3.05) is 13.1 Å². The lowest BCUT2D eigenvalue weighted by molar-refractivity contribution is -0.925. The lowest BCUT2D eigenvalue weighted by Gasteiger charge is -2.40. The van der Waals surface area contributed by atoms with Gasteiger partial charge in [-0.1, -0.05) is 36.4 Å². The van der Waals surface area contributed by atoms with Gasteiger partial charge in [-0.3, -0.25) is 4.79 Å². The summed E-state index contributed by atoms with van der Waals surface area (Å²) < 4.78 is 7.75. The van der Waals surface area contributed by atoms with E-state index in [0.717, 1.165) is 54.9 Å². The highest BCUT2D eigenvalue weighted by Gasteiger charge is 2.37. The number of furan rings is 1. The van der Waals surface area contributed by atoms with Crippen molar-refractivity contribution in [3.8, 4) is 11.1 Å². The quantitative estimate of drug-likeness (QED) is 0.527. The number of hydrogen-bond donors (Lipinski definition) is 2. The number of aliphatic hydroxyl groups excluding tert-OH is 1. The van der Waals surface area contributed by atoms with Crippen LogP contribution in [0.25, 0.3) is 21.9 Å². The molecule has 0 radical (unpaired) electrons. The number of piperidine rings is 1. The Hall–Kier alpha value is -3.15. The number of likely N-dealkylation sites (tertiary alicyclic amines) is 1. The molecule has 0 aliphatic carbocycles. The van der Waals surface area contributed by atoms with E-state index in [1.54, 1.807) is 0 Å². The molecular formula is C27H27N2O3+. The largest absolute Gasteiger partial charge is 0.458 e. The fourth-order valence-corrected chi connectivity index (χ4v) is 5.74. The molecule has 2 aliphatic heterocycles. The van der Waals surface area contributed by atoms with Gasteiger partial charge < -0.3 is 19.0 Å². The lowest BCUT2D eigenvalue weighted by atomic mass is 9.82. The average molecular weight is 428 g/mol. The van der Waals surface area contributed by atoms with E-state index in [4.69, 9.17) is 4.42 Å². The zero-order chi connectivity index (χ0) is 21.7. The van der Waals surface area contributed by atoms with E-state index in [2.05, 4.69) is 36.4 Å². The van der Waals surface area contributed by atoms with E-state index in [9.17, 15) is 9.90 Å². The van der Waals surface area contributed by atoms with Crippen LogP contribution in [-0.2, 0) is 19.7 Å². The molecule has 2 aromatic carbocycles. The van der Waals surface area contributed by atoms with E-state index < -0.39 is 0 Å². The molecule has 0 saturated carbocycles. The number of rotatable bonds is 4. The summed E-state index contributed by atoms with van der Waals surface area (Å²) in [7, 11) is 0. The number of benzene rings is 2. The molecule has 2 N–H and O–H groups in total. The van der Waals surface area contributed by atoms with E-state index in [1.165, 1.54) is 16.0 Å². The summed E-state index contributed by atoms with van der Waals surface area (Å²) in [5.41, 5.74) is 3.08. The molecule has 2 bridgehead atoms. The smallest absolute Gasteiger partial charge is 0.258 e. The molecule has 5 nitrogen and oxygen atoms in total. The zero-order valence-corrected chi connectivity index (χ0v) is 18.0. The molecule has 2 aromatic heterocycles. The fourth-order valence-electron chi connectivity index (χ4n) is 5.74. The van der Waals surface area contributed by atoms with E-state index in [-0.39, 0.29) is 12.2 Å². The van der Waals surface area contributed by atoms with Crippen molar-refractivity contribution in [3.05, 3.63) is 94.3 Å². The minimum Gasteiger partial charge on any atom is -0.458 e.